The van der Waals surface area contributed by atoms with Crippen LogP contribution >= 0.6 is 43.6 Å². The van der Waals surface area contributed by atoms with E-state index in [0.717, 1.165) is 4.47 Å². The first-order valence-corrected chi connectivity index (χ1v) is 8.60. The third kappa shape index (κ3) is 4.79. The highest BCUT2D eigenvalue weighted by molar-refractivity contribution is 9.11. The van der Waals surface area contributed by atoms with Crippen molar-refractivity contribution in [2.24, 2.45) is 0 Å². The quantitative estimate of drug-likeness (QED) is 0.718. The first-order chi connectivity index (χ1) is 9.95. The number of nitrogens with zero attached hydrogens (tertiary/aromatic N) is 3. The van der Waals surface area contributed by atoms with Crippen LogP contribution in [0, 0.1) is 0 Å². The molecule has 0 atom stereocenters. The summed E-state index contributed by atoms with van der Waals surface area (Å²) >= 11 is 7.83. The van der Waals surface area contributed by atoms with Crippen molar-refractivity contribution in [2.75, 3.05) is 11.1 Å². The molecule has 0 fully saturated rings. The minimum Gasteiger partial charge on any atom is -0.416 e. The Bertz CT molecular complexity index is 648. The summed E-state index contributed by atoms with van der Waals surface area (Å²) in [6, 6.07) is 1.81. The first kappa shape index (κ1) is 16.4. The Morgan fingerprint density at radius 3 is 2.81 bits per heavy atom. The van der Waals surface area contributed by atoms with E-state index in [4.69, 9.17) is 4.42 Å². The van der Waals surface area contributed by atoms with Crippen molar-refractivity contribution in [1.29, 1.82) is 0 Å². The van der Waals surface area contributed by atoms with Gasteiger partial charge in [0.25, 0.3) is 5.22 Å². The summed E-state index contributed by atoms with van der Waals surface area (Å²) in [7, 11) is 0. The number of halogens is 2. The smallest absolute Gasteiger partial charge is 0.277 e. The second-order valence-electron chi connectivity index (χ2n) is 4.38. The van der Waals surface area contributed by atoms with Gasteiger partial charge in [-0.05, 0) is 37.9 Å². The van der Waals surface area contributed by atoms with Crippen molar-refractivity contribution in [3.63, 3.8) is 0 Å². The van der Waals surface area contributed by atoms with Gasteiger partial charge in [-0.3, -0.25) is 4.79 Å². The maximum atomic E-state index is 11.9. The van der Waals surface area contributed by atoms with E-state index in [2.05, 4.69) is 52.4 Å². The van der Waals surface area contributed by atoms with E-state index in [1.807, 2.05) is 19.9 Å². The Labute approximate surface area is 142 Å². The molecule has 1 amide bonds. The van der Waals surface area contributed by atoms with E-state index >= 15 is 0 Å². The van der Waals surface area contributed by atoms with Gasteiger partial charge in [0.05, 0.1) is 10.2 Å². The van der Waals surface area contributed by atoms with Gasteiger partial charge < -0.3 is 9.73 Å². The minimum absolute atomic E-state index is 0.170. The number of aromatic nitrogens is 3. The van der Waals surface area contributed by atoms with E-state index in [1.165, 1.54) is 11.8 Å². The molecule has 112 valence electrons. The van der Waals surface area contributed by atoms with Gasteiger partial charge in [-0.25, -0.2) is 4.98 Å². The highest BCUT2D eigenvalue weighted by Crippen LogP contribution is 2.24. The highest BCUT2D eigenvalue weighted by Gasteiger charge is 2.13. The number of rotatable bonds is 5. The fourth-order valence-electron chi connectivity index (χ4n) is 1.31. The van der Waals surface area contributed by atoms with E-state index in [0.29, 0.717) is 21.4 Å². The number of amides is 1. The normalized spacial score (nSPS) is 10.9. The molecule has 6 nitrogen and oxygen atoms in total. The Kier molecular flexibility index (Phi) is 5.77. The number of carbonyl (C=O) groups is 1. The maximum absolute atomic E-state index is 11.9. The monoisotopic (exact) mass is 434 g/mol. The van der Waals surface area contributed by atoms with E-state index in [9.17, 15) is 4.79 Å². The molecule has 0 saturated heterocycles. The van der Waals surface area contributed by atoms with Gasteiger partial charge in [0, 0.05) is 16.6 Å². The number of anilines is 1. The lowest BCUT2D eigenvalue weighted by Gasteiger charge is -2.05. The third-order valence-electron chi connectivity index (χ3n) is 2.31. The average Bonchev–Trinajstić information content (AvgIpc) is 2.89. The molecule has 0 aliphatic rings. The van der Waals surface area contributed by atoms with Crippen molar-refractivity contribution in [3.8, 4) is 0 Å². The molecule has 2 aromatic rings. The molecule has 0 radical (unpaired) electrons. The van der Waals surface area contributed by atoms with Gasteiger partial charge in [-0.2, -0.15) is 0 Å². The summed E-state index contributed by atoms with van der Waals surface area (Å²) in [6.07, 6.45) is 1.61. The first-order valence-electron chi connectivity index (χ1n) is 6.03. The number of pyridine rings is 1. The molecule has 0 aliphatic carbocycles. The molecule has 0 saturated carbocycles. The summed E-state index contributed by atoms with van der Waals surface area (Å²) in [6.45, 7) is 3.93. The summed E-state index contributed by atoms with van der Waals surface area (Å²) < 4.78 is 6.95. The van der Waals surface area contributed by atoms with Crippen LogP contribution in [0.2, 0.25) is 0 Å². The zero-order valence-corrected chi connectivity index (χ0v) is 15.2. The highest BCUT2D eigenvalue weighted by atomic mass is 79.9. The SMILES string of the molecule is CC(C)c1nnc(SCC(=O)Nc2ncc(Br)cc2Br)o1. The summed E-state index contributed by atoms with van der Waals surface area (Å²) in [5.41, 5.74) is 0. The van der Waals surface area contributed by atoms with E-state index < -0.39 is 0 Å². The standard InChI is InChI=1S/C12H12Br2N4O2S/c1-6(2)11-17-18-12(20-11)21-5-9(19)16-10-8(14)3-7(13)4-15-10/h3-4,6H,5H2,1-2H3,(H,15,16,19). The van der Waals surface area contributed by atoms with Crippen LogP contribution in [-0.4, -0.2) is 26.8 Å². The van der Waals surface area contributed by atoms with Gasteiger partial charge in [-0.15, -0.1) is 10.2 Å². The number of thioether (sulfide) groups is 1. The molecule has 21 heavy (non-hydrogen) atoms. The van der Waals surface area contributed by atoms with Crippen molar-refractivity contribution >= 4 is 55.3 Å². The fourth-order valence-corrected chi connectivity index (χ4v) is 2.97. The number of nitrogens with one attached hydrogen (secondary N) is 1. The van der Waals surface area contributed by atoms with E-state index in [-0.39, 0.29) is 17.6 Å². The lowest BCUT2D eigenvalue weighted by Crippen LogP contribution is -2.15. The second-order valence-corrected chi connectivity index (χ2v) is 7.08. The maximum Gasteiger partial charge on any atom is 0.277 e. The molecule has 2 heterocycles. The lowest BCUT2D eigenvalue weighted by molar-refractivity contribution is -0.113. The molecule has 0 aliphatic heterocycles. The number of carbonyl (C=O) groups excluding carboxylic acids is 1. The third-order valence-corrected chi connectivity index (χ3v) is 4.16. The fraction of sp³-hybridized carbons (Fsp3) is 0.333. The Morgan fingerprint density at radius 1 is 1.43 bits per heavy atom. The van der Waals surface area contributed by atoms with Crippen LogP contribution in [0.3, 0.4) is 0 Å². The topological polar surface area (TPSA) is 80.9 Å². The van der Waals surface area contributed by atoms with Gasteiger partial charge in [0.2, 0.25) is 11.8 Å². The van der Waals surface area contributed by atoms with Crippen LogP contribution in [0.25, 0.3) is 0 Å². The Balaban J connectivity index is 1.89. The molecule has 0 bridgehead atoms. The summed E-state index contributed by atoms with van der Waals surface area (Å²) in [5.74, 6) is 1.18. The molecule has 0 spiro atoms. The summed E-state index contributed by atoms with van der Waals surface area (Å²) in [5, 5.41) is 10.9. The molecule has 0 unspecified atom stereocenters. The van der Waals surface area contributed by atoms with Gasteiger partial charge in [-0.1, -0.05) is 25.6 Å². The zero-order chi connectivity index (χ0) is 15.4. The Hall–Kier alpha value is -0.930. The van der Waals surface area contributed by atoms with E-state index in [1.54, 1.807) is 6.20 Å². The predicted molar refractivity (Wildman–Crippen MR) is 87.4 cm³/mol. The van der Waals surface area contributed by atoms with Crippen LogP contribution in [0.4, 0.5) is 5.82 Å². The molecule has 2 rings (SSSR count). The summed E-state index contributed by atoms with van der Waals surface area (Å²) in [4.78, 5) is 16.0. The van der Waals surface area contributed by atoms with Crippen molar-refractivity contribution in [2.45, 2.75) is 25.0 Å². The van der Waals surface area contributed by atoms with Crippen molar-refractivity contribution < 1.29 is 9.21 Å². The molecule has 2 aromatic heterocycles. The lowest BCUT2D eigenvalue weighted by atomic mass is 10.2. The molecular weight excluding hydrogens is 424 g/mol. The van der Waals surface area contributed by atoms with Crippen LogP contribution in [0.1, 0.15) is 25.7 Å². The van der Waals surface area contributed by atoms with Crippen LogP contribution in [-0.2, 0) is 4.79 Å². The molecule has 9 heteroatoms. The molecular formula is C12H12Br2N4O2S. The zero-order valence-electron chi connectivity index (χ0n) is 11.3. The predicted octanol–water partition coefficient (Wildman–Crippen LogP) is 3.84. The largest absolute Gasteiger partial charge is 0.416 e. The van der Waals surface area contributed by atoms with Crippen LogP contribution in [0.5, 0.6) is 0 Å². The van der Waals surface area contributed by atoms with Gasteiger partial charge >= 0.3 is 0 Å². The minimum atomic E-state index is -0.195. The molecule has 0 aromatic carbocycles. The van der Waals surface area contributed by atoms with Gasteiger partial charge in [0.15, 0.2) is 0 Å². The molecule has 1 N–H and O–H groups in total. The van der Waals surface area contributed by atoms with Crippen LogP contribution in [0.15, 0.2) is 30.8 Å². The Morgan fingerprint density at radius 2 is 2.19 bits per heavy atom. The van der Waals surface area contributed by atoms with Gasteiger partial charge in [0.1, 0.15) is 5.82 Å². The second kappa shape index (κ2) is 7.37. The van der Waals surface area contributed by atoms with Crippen molar-refractivity contribution in [3.05, 3.63) is 27.1 Å². The number of hydrogen-bond donors (Lipinski definition) is 1. The number of hydrogen-bond acceptors (Lipinski definition) is 6. The average molecular weight is 436 g/mol. The van der Waals surface area contributed by atoms with Crippen LogP contribution < -0.4 is 5.32 Å². The van der Waals surface area contributed by atoms with Crippen molar-refractivity contribution in [1.82, 2.24) is 15.2 Å².